The highest BCUT2D eigenvalue weighted by Crippen LogP contribution is 2.24. The Morgan fingerprint density at radius 2 is 1.83 bits per heavy atom. The smallest absolute Gasteiger partial charge is 0.243 e. The number of nitrogens with zero attached hydrogens (tertiary/aromatic N) is 1. The molecule has 2 aromatic carbocycles. The van der Waals surface area contributed by atoms with E-state index in [1.54, 1.807) is 0 Å². The SMILES string of the molecule is Cc1ccc(NCC(=O)Nc2ccc(N3CCCC3)cc2)c(Br)c1. The van der Waals surface area contributed by atoms with Crippen LogP contribution in [0.4, 0.5) is 17.1 Å². The predicted molar refractivity (Wildman–Crippen MR) is 104 cm³/mol. The molecule has 2 aromatic rings. The number of hydrogen-bond donors (Lipinski definition) is 2. The van der Waals surface area contributed by atoms with Gasteiger partial charge in [-0.3, -0.25) is 4.79 Å². The van der Waals surface area contributed by atoms with Gasteiger partial charge in [-0.2, -0.15) is 0 Å². The summed E-state index contributed by atoms with van der Waals surface area (Å²) in [6.07, 6.45) is 2.53. The summed E-state index contributed by atoms with van der Waals surface area (Å²) in [6.45, 7) is 4.52. The minimum Gasteiger partial charge on any atom is -0.375 e. The number of amides is 1. The third-order valence-corrected chi connectivity index (χ3v) is 4.84. The average molecular weight is 388 g/mol. The number of benzene rings is 2. The molecular weight excluding hydrogens is 366 g/mol. The molecule has 1 saturated heterocycles. The second-order valence-corrected chi connectivity index (χ2v) is 6.98. The Bertz CT molecular complexity index is 709. The van der Waals surface area contributed by atoms with Crippen LogP contribution >= 0.6 is 15.9 Å². The third kappa shape index (κ3) is 4.29. The van der Waals surface area contributed by atoms with E-state index in [1.807, 2.05) is 37.3 Å². The van der Waals surface area contributed by atoms with Gasteiger partial charge in [0.2, 0.25) is 5.91 Å². The van der Waals surface area contributed by atoms with Crippen molar-refractivity contribution in [1.82, 2.24) is 0 Å². The first kappa shape index (κ1) is 16.8. The van der Waals surface area contributed by atoms with E-state index in [4.69, 9.17) is 0 Å². The topological polar surface area (TPSA) is 44.4 Å². The second kappa shape index (κ2) is 7.71. The maximum absolute atomic E-state index is 12.1. The summed E-state index contributed by atoms with van der Waals surface area (Å²) < 4.78 is 0.963. The molecule has 0 saturated carbocycles. The Hall–Kier alpha value is -2.01. The minimum atomic E-state index is -0.0589. The largest absolute Gasteiger partial charge is 0.375 e. The molecule has 0 radical (unpaired) electrons. The summed E-state index contributed by atoms with van der Waals surface area (Å²) in [6, 6.07) is 14.1. The van der Waals surface area contributed by atoms with Crippen molar-refractivity contribution in [3.05, 3.63) is 52.5 Å². The summed E-state index contributed by atoms with van der Waals surface area (Å²) in [5.74, 6) is -0.0589. The molecule has 1 aliphatic rings. The zero-order valence-electron chi connectivity index (χ0n) is 13.8. The van der Waals surface area contributed by atoms with Gasteiger partial charge in [0.1, 0.15) is 0 Å². The highest BCUT2D eigenvalue weighted by molar-refractivity contribution is 9.10. The summed E-state index contributed by atoms with van der Waals surface area (Å²) in [4.78, 5) is 14.5. The number of carbonyl (C=O) groups excluding carboxylic acids is 1. The van der Waals surface area contributed by atoms with Crippen LogP contribution in [0, 0.1) is 6.92 Å². The summed E-state index contributed by atoms with van der Waals surface area (Å²) in [5.41, 5.74) is 4.15. The van der Waals surface area contributed by atoms with Gasteiger partial charge < -0.3 is 15.5 Å². The Morgan fingerprint density at radius 1 is 1.12 bits per heavy atom. The monoisotopic (exact) mass is 387 g/mol. The van der Waals surface area contributed by atoms with Crippen molar-refractivity contribution in [3.63, 3.8) is 0 Å². The molecule has 1 amide bonds. The van der Waals surface area contributed by atoms with Gasteiger partial charge in [-0.1, -0.05) is 6.07 Å². The maximum Gasteiger partial charge on any atom is 0.243 e. The molecule has 0 atom stereocenters. The van der Waals surface area contributed by atoms with Crippen LogP contribution in [-0.4, -0.2) is 25.5 Å². The van der Waals surface area contributed by atoms with Gasteiger partial charge in [-0.05, 0) is 77.7 Å². The molecule has 1 aliphatic heterocycles. The van der Waals surface area contributed by atoms with Crippen molar-refractivity contribution < 1.29 is 4.79 Å². The molecule has 0 aromatic heterocycles. The number of hydrogen-bond acceptors (Lipinski definition) is 3. The molecule has 126 valence electrons. The number of rotatable bonds is 5. The van der Waals surface area contributed by atoms with Gasteiger partial charge in [0, 0.05) is 34.6 Å². The van der Waals surface area contributed by atoms with Crippen LogP contribution in [0.3, 0.4) is 0 Å². The summed E-state index contributed by atoms with van der Waals surface area (Å²) in [5, 5.41) is 6.07. The van der Waals surface area contributed by atoms with Gasteiger partial charge in [0.15, 0.2) is 0 Å². The van der Waals surface area contributed by atoms with Gasteiger partial charge in [-0.15, -0.1) is 0 Å². The number of halogens is 1. The Morgan fingerprint density at radius 3 is 2.50 bits per heavy atom. The zero-order chi connectivity index (χ0) is 16.9. The van der Waals surface area contributed by atoms with E-state index < -0.39 is 0 Å². The first-order valence-corrected chi connectivity index (χ1v) is 9.06. The predicted octanol–water partition coefficient (Wildman–Crippen LogP) is 4.41. The Kier molecular flexibility index (Phi) is 5.41. The van der Waals surface area contributed by atoms with Crippen LogP contribution in [0.2, 0.25) is 0 Å². The number of aryl methyl sites for hydroxylation is 1. The Labute approximate surface area is 151 Å². The third-order valence-electron chi connectivity index (χ3n) is 4.19. The van der Waals surface area contributed by atoms with Crippen molar-refractivity contribution in [1.29, 1.82) is 0 Å². The van der Waals surface area contributed by atoms with Crippen molar-refractivity contribution in [3.8, 4) is 0 Å². The van der Waals surface area contributed by atoms with Gasteiger partial charge in [0.25, 0.3) is 0 Å². The molecule has 3 rings (SSSR count). The lowest BCUT2D eigenvalue weighted by Crippen LogP contribution is -2.22. The zero-order valence-corrected chi connectivity index (χ0v) is 15.4. The van der Waals surface area contributed by atoms with Crippen LogP contribution in [0.1, 0.15) is 18.4 Å². The minimum absolute atomic E-state index is 0.0589. The van der Waals surface area contributed by atoms with Crippen molar-refractivity contribution in [2.45, 2.75) is 19.8 Å². The lowest BCUT2D eigenvalue weighted by Gasteiger charge is -2.17. The second-order valence-electron chi connectivity index (χ2n) is 6.13. The average Bonchev–Trinajstić information content (AvgIpc) is 3.09. The normalized spacial score (nSPS) is 13.8. The van der Waals surface area contributed by atoms with Crippen LogP contribution in [0.15, 0.2) is 46.9 Å². The summed E-state index contributed by atoms with van der Waals surface area (Å²) >= 11 is 3.51. The quantitative estimate of drug-likeness (QED) is 0.798. The molecule has 1 fully saturated rings. The molecule has 4 nitrogen and oxygen atoms in total. The first-order valence-electron chi connectivity index (χ1n) is 8.27. The van der Waals surface area contributed by atoms with E-state index in [9.17, 15) is 4.79 Å². The van der Waals surface area contributed by atoms with E-state index >= 15 is 0 Å². The summed E-state index contributed by atoms with van der Waals surface area (Å²) in [7, 11) is 0. The molecule has 1 heterocycles. The molecule has 0 unspecified atom stereocenters. The first-order chi connectivity index (χ1) is 11.6. The molecule has 0 spiro atoms. The van der Waals surface area contributed by atoms with E-state index in [2.05, 4.69) is 43.6 Å². The van der Waals surface area contributed by atoms with Crippen LogP contribution in [-0.2, 0) is 4.79 Å². The molecule has 5 heteroatoms. The van der Waals surface area contributed by atoms with Gasteiger partial charge in [-0.25, -0.2) is 0 Å². The molecule has 0 aliphatic carbocycles. The molecule has 2 N–H and O–H groups in total. The highest BCUT2D eigenvalue weighted by Gasteiger charge is 2.12. The fraction of sp³-hybridized carbons (Fsp3) is 0.316. The fourth-order valence-electron chi connectivity index (χ4n) is 2.88. The van der Waals surface area contributed by atoms with Gasteiger partial charge in [0.05, 0.1) is 6.54 Å². The Balaban J connectivity index is 1.52. The fourth-order valence-corrected chi connectivity index (χ4v) is 3.51. The molecular formula is C19H22BrN3O. The number of carbonyl (C=O) groups is 1. The van der Waals surface area contributed by atoms with Crippen LogP contribution < -0.4 is 15.5 Å². The lowest BCUT2D eigenvalue weighted by molar-refractivity contribution is -0.114. The molecule has 0 bridgehead atoms. The van der Waals surface area contributed by atoms with Crippen LogP contribution in [0.25, 0.3) is 0 Å². The van der Waals surface area contributed by atoms with E-state index in [-0.39, 0.29) is 12.5 Å². The van der Waals surface area contributed by atoms with Crippen molar-refractivity contribution >= 4 is 38.9 Å². The number of anilines is 3. The maximum atomic E-state index is 12.1. The van der Waals surface area contributed by atoms with E-state index in [1.165, 1.54) is 24.1 Å². The van der Waals surface area contributed by atoms with Crippen LogP contribution in [0.5, 0.6) is 0 Å². The molecule has 24 heavy (non-hydrogen) atoms. The highest BCUT2D eigenvalue weighted by atomic mass is 79.9. The van der Waals surface area contributed by atoms with Crippen molar-refractivity contribution in [2.75, 3.05) is 35.2 Å². The van der Waals surface area contributed by atoms with E-state index in [0.29, 0.717) is 0 Å². The lowest BCUT2D eigenvalue weighted by atomic mass is 10.2. The van der Waals surface area contributed by atoms with Gasteiger partial charge >= 0.3 is 0 Å². The number of nitrogens with one attached hydrogen (secondary N) is 2. The van der Waals surface area contributed by atoms with E-state index in [0.717, 1.165) is 28.9 Å². The standard InChI is InChI=1S/C19H22BrN3O/c1-14-4-9-18(17(20)12-14)21-13-19(24)22-15-5-7-16(8-6-15)23-10-2-3-11-23/h4-9,12,21H,2-3,10-11,13H2,1H3,(H,22,24). The van der Waals surface area contributed by atoms with Crippen molar-refractivity contribution in [2.24, 2.45) is 0 Å².